The highest BCUT2D eigenvalue weighted by molar-refractivity contribution is 7.45. The van der Waals surface area contributed by atoms with Gasteiger partial charge in [0.25, 0.3) is 0 Å². The van der Waals surface area contributed by atoms with E-state index in [1.165, 1.54) is 18.2 Å². The maximum absolute atomic E-state index is 9.58. The molecule has 27 heavy (non-hydrogen) atoms. The molecule has 0 aliphatic heterocycles. The molecule has 0 unspecified atom stereocenters. The van der Waals surface area contributed by atoms with Gasteiger partial charge in [0, 0.05) is 6.07 Å². The van der Waals surface area contributed by atoms with E-state index in [4.69, 9.17) is 29.5 Å². The molecule has 0 aliphatic rings. The zero-order chi connectivity index (χ0) is 20.4. The summed E-state index contributed by atoms with van der Waals surface area (Å²) in [6.45, 7) is 0. The van der Waals surface area contributed by atoms with Gasteiger partial charge in [0.1, 0.15) is 23.0 Å². The third-order valence-corrected chi connectivity index (χ3v) is 2.91. The van der Waals surface area contributed by atoms with Crippen LogP contribution in [0.2, 0.25) is 0 Å². The number of rotatable bonds is 1. The van der Waals surface area contributed by atoms with E-state index in [1.54, 1.807) is 24.3 Å². The number of phenols is 4. The first-order valence-corrected chi connectivity index (χ1v) is 8.97. The molecule has 0 atom stereocenters. The highest BCUT2D eigenvalue weighted by Crippen LogP contribution is 2.36. The van der Waals surface area contributed by atoms with Gasteiger partial charge in [-0.25, -0.2) is 4.57 Å². The third-order valence-electron chi connectivity index (χ3n) is 2.91. The smallest absolute Gasteiger partial charge is 0.466 e. The summed E-state index contributed by atoms with van der Waals surface area (Å²) in [6.07, 6.45) is 0. The van der Waals surface area contributed by atoms with E-state index in [1.807, 2.05) is 30.3 Å². The molecule has 0 fully saturated rings. The molecule has 7 N–H and O–H groups in total. The van der Waals surface area contributed by atoms with Crippen molar-refractivity contribution < 1.29 is 39.7 Å². The summed E-state index contributed by atoms with van der Waals surface area (Å²) in [6, 6.07) is 19.9. The van der Waals surface area contributed by atoms with Gasteiger partial charge in [0.15, 0.2) is 0 Å². The van der Waals surface area contributed by atoms with Crippen LogP contribution in [-0.2, 0) is 4.57 Å². The van der Waals surface area contributed by atoms with Crippen molar-refractivity contribution in [2.75, 3.05) is 0 Å². The van der Waals surface area contributed by atoms with Crippen LogP contribution in [0.4, 0.5) is 0 Å². The molecule has 0 saturated heterocycles. The number of benzene rings is 3. The fourth-order valence-electron chi connectivity index (χ4n) is 1.92. The Morgan fingerprint density at radius 1 is 0.593 bits per heavy atom. The number of aromatic hydroxyl groups is 4. The SMILES string of the molecule is O=P(O)(O)O.Oc1cccc(O)c1.Oc1cccc(O)c1-c1ccccc1. The van der Waals surface area contributed by atoms with Crippen molar-refractivity contribution in [3.63, 3.8) is 0 Å². The van der Waals surface area contributed by atoms with Crippen molar-refractivity contribution in [2.24, 2.45) is 0 Å². The topological polar surface area (TPSA) is 159 Å². The lowest BCUT2D eigenvalue weighted by Crippen LogP contribution is -1.79. The van der Waals surface area contributed by atoms with Crippen molar-refractivity contribution in [1.82, 2.24) is 0 Å². The molecular weight excluding hydrogens is 375 g/mol. The average molecular weight is 394 g/mol. The highest BCUT2D eigenvalue weighted by atomic mass is 31.2. The summed E-state index contributed by atoms with van der Waals surface area (Å²) in [7, 11) is -4.64. The van der Waals surface area contributed by atoms with Crippen molar-refractivity contribution in [1.29, 1.82) is 0 Å². The Labute approximate surface area is 155 Å². The molecule has 0 heterocycles. The van der Waals surface area contributed by atoms with E-state index in [2.05, 4.69) is 0 Å². The first-order chi connectivity index (χ1) is 12.6. The maximum atomic E-state index is 9.58. The molecule has 0 aromatic heterocycles. The van der Waals surface area contributed by atoms with E-state index in [0.717, 1.165) is 5.56 Å². The lowest BCUT2D eigenvalue weighted by Gasteiger charge is -2.06. The quantitative estimate of drug-likeness (QED) is 0.310. The predicted molar refractivity (Wildman–Crippen MR) is 99.2 cm³/mol. The van der Waals surface area contributed by atoms with Gasteiger partial charge in [-0.1, -0.05) is 42.5 Å². The molecule has 0 spiro atoms. The van der Waals surface area contributed by atoms with Crippen LogP contribution < -0.4 is 0 Å². The summed E-state index contributed by atoms with van der Waals surface area (Å²) in [5.74, 6) is 0.363. The molecule has 9 heteroatoms. The maximum Gasteiger partial charge on any atom is 0.466 e. The standard InChI is InChI=1S/C12H10O2.C6H6O2.H3O4P/c13-10-7-4-8-11(14)12(10)9-5-2-1-3-6-9;7-5-2-1-3-6(8)4-5;1-5(2,3)4/h1-8,13-14H;1-4,7-8H;(H3,1,2,3,4). The number of hydrogen-bond donors (Lipinski definition) is 7. The number of hydrogen-bond acceptors (Lipinski definition) is 5. The molecule has 0 saturated carbocycles. The predicted octanol–water partition coefficient (Wildman–Crippen LogP) is 2.93. The Balaban J connectivity index is 0.000000237. The monoisotopic (exact) mass is 394 g/mol. The Kier molecular flexibility index (Phi) is 8.32. The lowest BCUT2D eigenvalue weighted by molar-refractivity contribution is 0.275. The molecule has 0 radical (unpaired) electrons. The summed E-state index contributed by atoms with van der Waals surface area (Å²) in [4.78, 5) is 21.6. The molecule has 0 aliphatic carbocycles. The average Bonchev–Trinajstić information content (AvgIpc) is 2.54. The minimum Gasteiger partial charge on any atom is -0.508 e. The summed E-state index contributed by atoms with van der Waals surface area (Å²) in [5.41, 5.74) is 1.29. The highest BCUT2D eigenvalue weighted by Gasteiger charge is 2.07. The second-order valence-electron chi connectivity index (χ2n) is 5.07. The largest absolute Gasteiger partial charge is 0.508 e. The van der Waals surface area contributed by atoms with Gasteiger partial charge >= 0.3 is 7.82 Å². The lowest BCUT2D eigenvalue weighted by atomic mass is 10.0. The van der Waals surface area contributed by atoms with Crippen LogP contribution in [0.3, 0.4) is 0 Å². The molecule has 3 aromatic rings. The van der Waals surface area contributed by atoms with Gasteiger partial charge in [-0.2, -0.15) is 0 Å². The molecule has 0 amide bonds. The van der Waals surface area contributed by atoms with Crippen LogP contribution in [0.15, 0.2) is 72.8 Å². The van der Waals surface area contributed by atoms with Gasteiger partial charge in [-0.15, -0.1) is 0 Å². The Bertz CT molecular complexity index is 847. The zero-order valence-corrected chi connectivity index (χ0v) is 14.8. The van der Waals surface area contributed by atoms with Crippen LogP contribution in [0.5, 0.6) is 23.0 Å². The molecule has 8 nitrogen and oxygen atoms in total. The number of phosphoric acid groups is 1. The van der Waals surface area contributed by atoms with Crippen molar-refractivity contribution in [2.45, 2.75) is 0 Å². The van der Waals surface area contributed by atoms with Crippen LogP contribution in [0.25, 0.3) is 11.1 Å². The third kappa shape index (κ3) is 9.29. The second-order valence-corrected chi connectivity index (χ2v) is 6.10. The first-order valence-electron chi connectivity index (χ1n) is 7.40. The Morgan fingerprint density at radius 3 is 1.37 bits per heavy atom. The normalized spacial score (nSPS) is 10.0. The van der Waals surface area contributed by atoms with Crippen LogP contribution in [-0.4, -0.2) is 35.1 Å². The van der Waals surface area contributed by atoms with Crippen molar-refractivity contribution >= 4 is 7.82 Å². The second kappa shape index (κ2) is 10.2. The fraction of sp³-hybridized carbons (Fsp3) is 0. The first kappa shape index (κ1) is 22.0. The van der Waals surface area contributed by atoms with E-state index in [-0.39, 0.29) is 23.0 Å². The fourth-order valence-corrected chi connectivity index (χ4v) is 1.92. The minimum atomic E-state index is -4.64. The van der Waals surface area contributed by atoms with Crippen molar-refractivity contribution in [3.8, 4) is 34.1 Å². The minimum absolute atomic E-state index is 0.0880. The van der Waals surface area contributed by atoms with Gasteiger partial charge in [0.05, 0.1) is 5.56 Å². The Hall–Kier alpha value is -3.03. The van der Waals surface area contributed by atoms with Gasteiger partial charge < -0.3 is 35.1 Å². The van der Waals surface area contributed by atoms with Gasteiger partial charge in [-0.05, 0) is 29.8 Å². The molecule has 3 aromatic carbocycles. The Morgan fingerprint density at radius 2 is 1.00 bits per heavy atom. The van der Waals surface area contributed by atoms with Gasteiger partial charge in [-0.3, -0.25) is 0 Å². The van der Waals surface area contributed by atoms with Crippen LogP contribution in [0, 0.1) is 0 Å². The molecule has 3 rings (SSSR count). The van der Waals surface area contributed by atoms with E-state index >= 15 is 0 Å². The van der Waals surface area contributed by atoms with Crippen LogP contribution in [0.1, 0.15) is 0 Å². The molecule has 0 bridgehead atoms. The zero-order valence-electron chi connectivity index (χ0n) is 13.9. The van der Waals surface area contributed by atoms with Crippen molar-refractivity contribution in [3.05, 3.63) is 72.8 Å². The van der Waals surface area contributed by atoms with Crippen LogP contribution >= 0.6 is 7.82 Å². The van der Waals surface area contributed by atoms with E-state index in [0.29, 0.717) is 5.56 Å². The summed E-state index contributed by atoms with van der Waals surface area (Å²) in [5, 5.41) is 36.5. The summed E-state index contributed by atoms with van der Waals surface area (Å²) < 4.78 is 8.88. The van der Waals surface area contributed by atoms with E-state index in [9.17, 15) is 10.2 Å². The summed E-state index contributed by atoms with van der Waals surface area (Å²) >= 11 is 0. The molecule has 144 valence electrons. The van der Waals surface area contributed by atoms with E-state index < -0.39 is 7.82 Å². The molecular formula is C18H19O8P. The number of phenolic OH excluding ortho intramolecular Hbond substituents is 4. The van der Waals surface area contributed by atoms with Gasteiger partial charge in [0.2, 0.25) is 0 Å².